The number of benzene rings is 2. The molecule has 0 atom stereocenters. The normalized spacial score (nSPS) is 11.4. The summed E-state index contributed by atoms with van der Waals surface area (Å²) in [5.74, 6) is 1.19. The number of para-hydroxylation sites is 1. The van der Waals surface area contributed by atoms with Crippen LogP contribution < -0.4 is 10.5 Å². The second kappa shape index (κ2) is 5.63. The first-order valence-corrected chi connectivity index (χ1v) is 6.00. The Balaban J connectivity index is 2.38. The van der Waals surface area contributed by atoms with Crippen LogP contribution in [0.2, 0.25) is 5.02 Å². The van der Waals surface area contributed by atoms with Gasteiger partial charge in [-0.1, -0.05) is 28.9 Å². The molecule has 0 aromatic heterocycles. The van der Waals surface area contributed by atoms with Gasteiger partial charge >= 0.3 is 0 Å². The highest BCUT2D eigenvalue weighted by Crippen LogP contribution is 2.29. The molecular formula is C14H13ClN2O2. The van der Waals surface area contributed by atoms with Gasteiger partial charge in [-0.25, -0.2) is 0 Å². The van der Waals surface area contributed by atoms with Crippen molar-refractivity contribution in [2.75, 3.05) is 0 Å². The smallest absolute Gasteiger partial charge is 0.173 e. The lowest BCUT2D eigenvalue weighted by Gasteiger charge is -2.12. The van der Waals surface area contributed by atoms with Crippen LogP contribution in [0.1, 0.15) is 11.1 Å². The molecule has 0 amide bonds. The molecule has 0 radical (unpaired) electrons. The summed E-state index contributed by atoms with van der Waals surface area (Å²) in [5.41, 5.74) is 7.04. The van der Waals surface area contributed by atoms with Gasteiger partial charge in [0.2, 0.25) is 0 Å². The summed E-state index contributed by atoms with van der Waals surface area (Å²) in [4.78, 5) is 0. The van der Waals surface area contributed by atoms with Crippen molar-refractivity contribution < 1.29 is 9.94 Å². The van der Waals surface area contributed by atoms with Gasteiger partial charge in [-0.2, -0.15) is 0 Å². The van der Waals surface area contributed by atoms with Crippen molar-refractivity contribution in [1.29, 1.82) is 0 Å². The Morgan fingerprint density at radius 2 is 1.95 bits per heavy atom. The number of rotatable bonds is 3. The van der Waals surface area contributed by atoms with Crippen LogP contribution in [0.5, 0.6) is 11.5 Å². The summed E-state index contributed by atoms with van der Waals surface area (Å²) in [6, 6.07) is 12.4. The van der Waals surface area contributed by atoms with Crippen molar-refractivity contribution in [2.24, 2.45) is 10.9 Å². The molecule has 0 aliphatic carbocycles. The van der Waals surface area contributed by atoms with Crippen molar-refractivity contribution in [3.8, 4) is 11.5 Å². The number of aryl methyl sites for hydroxylation is 1. The van der Waals surface area contributed by atoms with Crippen LogP contribution in [0.3, 0.4) is 0 Å². The van der Waals surface area contributed by atoms with E-state index in [0.717, 1.165) is 5.56 Å². The predicted octanol–water partition coefficient (Wildman–Crippen LogP) is 3.54. The van der Waals surface area contributed by atoms with Gasteiger partial charge in [-0.3, -0.25) is 0 Å². The third-order valence-corrected chi connectivity index (χ3v) is 2.86. The molecule has 0 unspecified atom stereocenters. The molecule has 5 heteroatoms. The molecule has 4 nitrogen and oxygen atoms in total. The fraction of sp³-hybridized carbons (Fsp3) is 0.0714. The van der Waals surface area contributed by atoms with Crippen LogP contribution in [0, 0.1) is 6.92 Å². The van der Waals surface area contributed by atoms with E-state index in [1.54, 1.807) is 30.3 Å². The second-order valence-electron chi connectivity index (χ2n) is 3.99. The lowest BCUT2D eigenvalue weighted by Crippen LogP contribution is -2.14. The quantitative estimate of drug-likeness (QED) is 0.390. The number of hydrogen-bond acceptors (Lipinski definition) is 3. The Bertz CT molecular complexity index is 627. The summed E-state index contributed by atoms with van der Waals surface area (Å²) in [6.07, 6.45) is 0. The summed E-state index contributed by atoms with van der Waals surface area (Å²) in [6.45, 7) is 1.90. The number of halogens is 1. The molecule has 0 heterocycles. The van der Waals surface area contributed by atoms with E-state index < -0.39 is 0 Å². The standard InChI is InChI=1S/C14H13ClN2O2/c1-9-8-10(15)6-7-12(9)19-13-5-3-2-4-11(13)14(16)17-18/h2-8,18H,1H3,(H2,16,17). The monoisotopic (exact) mass is 276 g/mol. The van der Waals surface area contributed by atoms with Crippen LogP contribution in [0.4, 0.5) is 0 Å². The van der Waals surface area contributed by atoms with Crippen molar-refractivity contribution >= 4 is 17.4 Å². The average Bonchev–Trinajstić information content (AvgIpc) is 2.41. The molecular weight excluding hydrogens is 264 g/mol. The Morgan fingerprint density at radius 1 is 1.21 bits per heavy atom. The Hall–Kier alpha value is -2.20. The molecule has 0 aliphatic rings. The zero-order valence-electron chi connectivity index (χ0n) is 10.3. The molecule has 2 aromatic carbocycles. The number of amidine groups is 1. The lowest BCUT2D eigenvalue weighted by molar-refractivity contribution is 0.318. The van der Waals surface area contributed by atoms with Crippen molar-refractivity contribution in [3.63, 3.8) is 0 Å². The molecule has 0 fully saturated rings. The van der Waals surface area contributed by atoms with Gasteiger partial charge < -0.3 is 15.7 Å². The van der Waals surface area contributed by atoms with E-state index in [-0.39, 0.29) is 5.84 Å². The molecule has 2 aromatic rings. The molecule has 0 saturated heterocycles. The third kappa shape index (κ3) is 2.98. The first-order valence-electron chi connectivity index (χ1n) is 5.62. The van der Waals surface area contributed by atoms with Gasteiger partial charge in [0.25, 0.3) is 0 Å². The zero-order chi connectivity index (χ0) is 13.8. The fourth-order valence-corrected chi connectivity index (χ4v) is 1.89. The van der Waals surface area contributed by atoms with Crippen LogP contribution >= 0.6 is 11.6 Å². The SMILES string of the molecule is Cc1cc(Cl)ccc1Oc1ccccc1/C(N)=N/O. The summed E-state index contributed by atoms with van der Waals surface area (Å²) in [7, 11) is 0. The van der Waals surface area contributed by atoms with E-state index >= 15 is 0 Å². The molecule has 98 valence electrons. The molecule has 0 saturated carbocycles. The van der Waals surface area contributed by atoms with E-state index in [0.29, 0.717) is 22.1 Å². The van der Waals surface area contributed by atoms with Crippen LogP contribution in [0.25, 0.3) is 0 Å². The van der Waals surface area contributed by atoms with E-state index in [4.69, 9.17) is 27.3 Å². The molecule has 0 aliphatic heterocycles. The maximum Gasteiger partial charge on any atom is 0.173 e. The number of hydrogen-bond donors (Lipinski definition) is 2. The maximum atomic E-state index is 8.76. The first kappa shape index (κ1) is 13.2. The van der Waals surface area contributed by atoms with Gasteiger partial charge in [-0.15, -0.1) is 0 Å². The minimum absolute atomic E-state index is 0.00205. The van der Waals surface area contributed by atoms with Crippen LogP contribution in [-0.4, -0.2) is 11.0 Å². The molecule has 0 spiro atoms. The summed E-state index contributed by atoms with van der Waals surface area (Å²) >= 11 is 5.90. The number of nitrogens with zero attached hydrogens (tertiary/aromatic N) is 1. The molecule has 19 heavy (non-hydrogen) atoms. The van der Waals surface area contributed by atoms with Gasteiger partial charge in [0.05, 0.1) is 5.56 Å². The summed E-state index contributed by atoms with van der Waals surface area (Å²) in [5, 5.41) is 12.4. The van der Waals surface area contributed by atoms with E-state index in [1.165, 1.54) is 0 Å². The highest BCUT2D eigenvalue weighted by atomic mass is 35.5. The van der Waals surface area contributed by atoms with Gasteiger partial charge in [0.15, 0.2) is 5.84 Å². The third-order valence-electron chi connectivity index (χ3n) is 2.63. The van der Waals surface area contributed by atoms with E-state index in [1.807, 2.05) is 19.1 Å². The van der Waals surface area contributed by atoms with Gasteiger partial charge in [-0.05, 0) is 42.8 Å². The molecule has 0 bridgehead atoms. The Morgan fingerprint density at radius 3 is 2.63 bits per heavy atom. The topological polar surface area (TPSA) is 67.8 Å². The Kier molecular flexibility index (Phi) is 3.92. The minimum Gasteiger partial charge on any atom is -0.456 e. The fourth-order valence-electron chi connectivity index (χ4n) is 1.67. The highest BCUT2D eigenvalue weighted by Gasteiger charge is 2.09. The lowest BCUT2D eigenvalue weighted by atomic mass is 10.2. The van der Waals surface area contributed by atoms with Crippen LogP contribution in [-0.2, 0) is 0 Å². The predicted molar refractivity (Wildman–Crippen MR) is 75.2 cm³/mol. The van der Waals surface area contributed by atoms with Gasteiger partial charge in [0.1, 0.15) is 11.5 Å². The van der Waals surface area contributed by atoms with Crippen molar-refractivity contribution in [2.45, 2.75) is 6.92 Å². The highest BCUT2D eigenvalue weighted by molar-refractivity contribution is 6.30. The van der Waals surface area contributed by atoms with Crippen molar-refractivity contribution in [1.82, 2.24) is 0 Å². The largest absolute Gasteiger partial charge is 0.456 e. The van der Waals surface area contributed by atoms with Crippen LogP contribution in [0.15, 0.2) is 47.6 Å². The number of ether oxygens (including phenoxy) is 1. The molecule has 2 rings (SSSR count). The Labute approximate surface area is 116 Å². The van der Waals surface area contributed by atoms with Crippen molar-refractivity contribution in [3.05, 3.63) is 58.6 Å². The first-order chi connectivity index (χ1) is 9.11. The zero-order valence-corrected chi connectivity index (χ0v) is 11.1. The maximum absolute atomic E-state index is 8.76. The second-order valence-corrected chi connectivity index (χ2v) is 4.43. The van der Waals surface area contributed by atoms with E-state index in [2.05, 4.69) is 5.16 Å². The summed E-state index contributed by atoms with van der Waals surface area (Å²) < 4.78 is 5.79. The van der Waals surface area contributed by atoms with Gasteiger partial charge in [0, 0.05) is 5.02 Å². The van der Waals surface area contributed by atoms with E-state index in [9.17, 15) is 0 Å². The average molecular weight is 277 g/mol. The number of oxime groups is 1. The minimum atomic E-state index is 0.00205. The molecule has 3 N–H and O–H groups in total. The number of nitrogens with two attached hydrogens (primary N) is 1.